The molecule has 2 bridgehead atoms. The zero-order valence-electron chi connectivity index (χ0n) is 23.2. The molecule has 2 saturated carbocycles. The van der Waals surface area contributed by atoms with E-state index in [4.69, 9.17) is 0 Å². The number of likely N-dealkylation sites (N-methyl/N-ethyl adjacent to an activating group) is 1. The molecule has 7 nitrogen and oxygen atoms in total. The normalized spacial score (nSPS) is 24.3. The fourth-order valence-electron chi connectivity index (χ4n) is 6.68. The molecule has 2 aromatic heterocycles. The Balaban J connectivity index is 1.12. The fraction of sp³-hybridized carbons (Fsp3) is 0.500. The second-order valence-corrected chi connectivity index (χ2v) is 14.3. The van der Waals surface area contributed by atoms with Crippen LogP contribution >= 0.6 is 23.1 Å². The zero-order valence-corrected chi connectivity index (χ0v) is 24.8. The van der Waals surface area contributed by atoms with E-state index in [9.17, 15) is 18.0 Å². The maximum Gasteiger partial charge on any atom is 0.420 e. The van der Waals surface area contributed by atoms with Gasteiger partial charge in [0, 0.05) is 66.0 Å². The molecule has 5 aliphatic rings. The highest BCUT2D eigenvalue weighted by atomic mass is 32.2. The number of hydrogen-bond donors (Lipinski definition) is 1. The number of hydrogen-bond acceptors (Lipinski definition) is 8. The summed E-state index contributed by atoms with van der Waals surface area (Å²) in [5.41, 5.74) is 2.12. The predicted molar refractivity (Wildman–Crippen MR) is 159 cm³/mol. The minimum atomic E-state index is -4.63. The van der Waals surface area contributed by atoms with Crippen LogP contribution < -0.4 is 10.2 Å². The number of carbonyl (C=O) groups excluding carboxylic acids is 1. The Kier molecular flexibility index (Phi) is 6.28. The Bertz CT molecular complexity index is 1570. The Labute approximate surface area is 250 Å². The molecule has 5 heterocycles. The molecule has 1 N–H and O–H groups in total. The van der Waals surface area contributed by atoms with E-state index in [0.29, 0.717) is 34.3 Å². The summed E-state index contributed by atoms with van der Waals surface area (Å²) in [5, 5.41) is 3.26. The standard InChI is InChI=1S/C30H31F3N6OS2/c1-37-14-20-10-19(37)15-39(20)18-6-7-23(21(11-18)16-2-3-16)35-29-34-13-22(30(31,32)33)26(36-29)24-12-25-27(42-24)28(40)38(8-9-41-25)17-4-5-17/h6-7,11-13,16-17,19-20H,2-5,8-10,14-15H2,1H3,(H,34,35,36)/t19-,20-/m1/s1. The summed E-state index contributed by atoms with van der Waals surface area (Å²) in [5.74, 6) is 1.19. The number of fused-ring (bicyclic) bond motifs is 3. The molecule has 2 saturated heterocycles. The van der Waals surface area contributed by atoms with Crippen LogP contribution in [0.2, 0.25) is 0 Å². The van der Waals surface area contributed by atoms with Crippen LogP contribution in [0.5, 0.6) is 0 Å². The van der Waals surface area contributed by atoms with E-state index in [1.807, 2.05) is 11.0 Å². The van der Waals surface area contributed by atoms with E-state index in [1.165, 1.54) is 29.4 Å². The maximum absolute atomic E-state index is 14.2. The van der Waals surface area contributed by atoms with Crippen molar-refractivity contribution in [3.63, 3.8) is 0 Å². The summed E-state index contributed by atoms with van der Waals surface area (Å²) in [7, 11) is 2.19. The molecule has 0 radical (unpaired) electrons. The van der Waals surface area contributed by atoms with Crippen molar-refractivity contribution in [3.05, 3.63) is 46.5 Å². The van der Waals surface area contributed by atoms with Gasteiger partial charge < -0.3 is 15.1 Å². The first-order chi connectivity index (χ1) is 20.2. The number of alkyl halides is 3. The van der Waals surface area contributed by atoms with Gasteiger partial charge in [0.1, 0.15) is 10.4 Å². The Morgan fingerprint density at radius 1 is 1.02 bits per heavy atom. The molecule has 0 spiro atoms. The first kappa shape index (κ1) is 26.8. The number of aromatic nitrogens is 2. The fourth-order valence-corrected chi connectivity index (χ4v) is 9.00. The summed E-state index contributed by atoms with van der Waals surface area (Å²) < 4.78 is 42.5. The molecule has 2 aliphatic carbocycles. The molecule has 220 valence electrons. The summed E-state index contributed by atoms with van der Waals surface area (Å²) in [6.07, 6.45) is 1.59. The number of amides is 1. The van der Waals surface area contributed by atoms with Gasteiger partial charge in [-0.2, -0.15) is 13.2 Å². The molecular weight excluding hydrogens is 581 g/mol. The molecule has 1 aromatic carbocycles. The SMILES string of the molecule is CN1C[C@H]2C[C@@H]1CN2c1ccc(Nc2ncc(C(F)(F)F)c(-c3cc4c(s3)C(=O)N(C3CC3)CCS4)n2)c(C2CC2)c1. The quantitative estimate of drug-likeness (QED) is 0.343. The van der Waals surface area contributed by atoms with Crippen LogP contribution in [0, 0.1) is 0 Å². The highest BCUT2D eigenvalue weighted by Crippen LogP contribution is 2.47. The highest BCUT2D eigenvalue weighted by Gasteiger charge is 2.42. The summed E-state index contributed by atoms with van der Waals surface area (Å²) in [4.78, 5) is 30.2. The average Bonchev–Trinajstić information content (AvgIpc) is 3.88. The van der Waals surface area contributed by atoms with Gasteiger partial charge in [-0.3, -0.25) is 9.69 Å². The van der Waals surface area contributed by atoms with Crippen molar-refractivity contribution < 1.29 is 18.0 Å². The van der Waals surface area contributed by atoms with Crippen LogP contribution in [-0.2, 0) is 6.18 Å². The number of piperazine rings is 1. The predicted octanol–water partition coefficient (Wildman–Crippen LogP) is 6.45. The van der Waals surface area contributed by atoms with Gasteiger partial charge >= 0.3 is 6.18 Å². The molecule has 1 amide bonds. The van der Waals surface area contributed by atoms with Gasteiger partial charge in [-0.05, 0) is 74.9 Å². The molecule has 3 aliphatic heterocycles. The summed E-state index contributed by atoms with van der Waals surface area (Å²) >= 11 is 2.63. The second-order valence-electron chi connectivity index (χ2n) is 12.1. The van der Waals surface area contributed by atoms with Crippen molar-refractivity contribution >= 4 is 46.3 Å². The average molecular weight is 613 g/mol. The molecule has 3 aromatic rings. The molecule has 8 rings (SSSR count). The van der Waals surface area contributed by atoms with Crippen molar-refractivity contribution in [1.29, 1.82) is 0 Å². The third kappa shape index (κ3) is 4.75. The Morgan fingerprint density at radius 3 is 2.55 bits per heavy atom. The van der Waals surface area contributed by atoms with Crippen LogP contribution in [-0.4, -0.2) is 76.2 Å². The molecule has 42 heavy (non-hydrogen) atoms. The molecule has 4 fully saturated rings. The lowest BCUT2D eigenvalue weighted by molar-refractivity contribution is -0.137. The van der Waals surface area contributed by atoms with Crippen LogP contribution in [0.3, 0.4) is 0 Å². The summed E-state index contributed by atoms with van der Waals surface area (Å²) in [6, 6.07) is 9.44. The van der Waals surface area contributed by atoms with Gasteiger partial charge in [0.25, 0.3) is 5.91 Å². The summed E-state index contributed by atoms with van der Waals surface area (Å²) in [6.45, 7) is 2.76. The van der Waals surface area contributed by atoms with E-state index in [2.05, 4.69) is 44.3 Å². The number of benzene rings is 1. The number of rotatable bonds is 6. The first-order valence-corrected chi connectivity index (χ1v) is 16.4. The monoisotopic (exact) mass is 612 g/mol. The number of nitrogens with zero attached hydrogens (tertiary/aromatic N) is 5. The van der Waals surface area contributed by atoms with Gasteiger partial charge in [0.05, 0.1) is 10.6 Å². The number of likely N-dealkylation sites (tertiary alicyclic amines) is 1. The molecule has 2 atom stereocenters. The van der Waals surface area contributed by atoms with E-state index < -0.39 is 11.7 Å². The van der Waals surface area contributed by atoms with Crippen LogP contribution in [0.4, 0.5) is 30.5 Å². The van der Waals surface area contributed by atoms with Crippen molar-refractivity contribution in [2.24, 2.45) is 0 Å². The lowest BCUT2D eigenvalue weighted by Crippen LogP contribution is -2.44. The van der Waals surface area contributed by atoms with Crippen molar-refractivity contribution in [3.8, 4) is 10.6 Å². The van der Waals surface area contributed by atoms with Gasteiger partial charge in [-0.15, -0.1) is 23.1 Å². The smallest absolute Gasteiger partial charge is 0.366 e. The third-order valence-corrected chi connectivity index (χ3v) is 11.5. The molecular formula is C30H31F3N6OS2. The van der Waals surface area contributed by atoms with Gasteiger partial charge in [0.15, 0.2) is 0 Å². The lowest BCUT2D eigenvalue weighted by Gasteiger charge is -2.34. The Hall–Kier alpha value is -2.83. The minimum absolute atomic E-state index is 0.0817. The number of anilines is 3. The lowest BCUT2D eigenvalue weighted by atomic mass is 10.1. The minimum Gasteiger partial charge on any atom is -0.366 e. The van der Waals surface area contributed by atoms with Crippen molar-refractivity contribution in [1.82, 2.24) is 19.8 Å². The number of carbonyl (C=O) groups is 1. The van der Waals surface area contributed by atoms with E-state index in [-0.39, 0.29) is 23.6 Å². The maximum atomic E-state index is 14.2. The number of thiophene rings is 1. The Morgan fingerprint density at radius 2 is 1.86 bits per heavy atom. The number of halogens is 3. The molecule has 0 unspecified atom stereocenters. The third-order valence-electron chi connectivity index (χ3n) is 9.20. The van der Waals surface area contributed by atoms with Crippen LogP contribution in [0.25, 0.3) is 10.6 Å². The van der Waals surface area contributed by atoms with Crippen LogP contribution in [0.1, 0.15) is 58.8 Å². The first-order valence-electron chi connectivity index (χ1n) is 14.6. The van der Waals surface area contributed by atoms with Crippen molar-refractivity contribution in [2.45, 2.75) is 67.2 Å². The van der Waals surface area contributed by atoms with Gasteiger partial charge in [0.2, 0.25) is 5.95 Å². The number of nitrogens with one attached hydrogen (secondary N) is 1. The van der Waals surface area contributed by atoms with E-state index >= 15 is 0 Å². The van der Waals surface area contributed by atoms with E-state index in [1.54, 1.807) is 6.07 Å². The highest BCUT2D eigenvalue weighted by molar-refractivity contribution is 7.99. The zero-order chi connectivity index (χ0) is 28.7. The van der Waals surface area contributed by atoms with E-state index in [0.717, 1.165) is 72.6 Å². The van der Waals surface area contributed by atoms with Crippen LogP contribution in [0.15, 0.2) is 35.4 Å². The molecule has 12 heteroatoms. The van der Waals surface area contributed by atoms with Gasteiger partial charge in [-0.1, -0.05) is 0 Å². The topological polar surface area (TPSA) is 64.6 Å². The number of thioether (sulfide) groups is 1. The largest absolute Gasteiger partial charge is 0.420 e. The van der Waals surface area contributed by atoms with Crippen molar-refractivity contribution in [2.75, 3.05) is 42.7 Å². The second kappa shape index (κ2) is 9.85. The van der Waals surface area contributed by atoms with Gasteiger partial charge in [-0.25, -0.2) is 9.97 Å².